The lowest BCUT2D eigenvalue weighted by Gasteiger charge is -2.34. The Morgan fingerprint density at radius 3 is 2.56 bits per heavy atom. The van der Waals surface area contributed by atoms with Crippen molar-refractivity contribution in [1.29, 1.82) is 0 Å². The van der Waals surface area contributed by atoms with Crippen LogP contribution in [0.25, 0.3) is 0 Å². The average molecular weight is 467 g/mol. The van der Waals surface area contributed by atoms with Crippen LogP contribution in [0.5, 0.6) is 0 Å². The quantitative estimate of drug-likeness (QED) is 0.672. The number of hydrogen-bond donors (Lipinski definition) is 2. The zero-order valence-electron chi connectivity index (χ0n) is 17.5. The molecule has 1 aromatic heterocycles. The van der Waals surface area contributed by atoms with E-state index in [0.29, 0.717) is 24.1 Å². The third-order valence-corrected chi connectivity index (χ3v) is 6.42. The molecule has 2 saturated heterocycles. The second-order valence-corrected chi connectivity index (χ2v) is 9.07. The van der Waals surface area contributed by atoms with E-state index in [1.807, 2.05) is 0 Å². The molecular weight excluding hydrogens is 442 g/mol. The molecule has 3 heterocycles. The van der Waals surface area contributed by atoms with Gasteiger partial charge in [-0.25, -0.2) is 13.6 Å². The van der Waals surface area contributed by atoms with Crippen molar-refractivity contribution in [2.45, 2.75) is 32.3 Å². The average Bonchev–Trinajstić information content (AvgIpc) is 3.32. The van der Waals surface area contributed by atoms with Gasteiger partial charge in [-0.15, -0.1) is 10.2 Å². The third-order valence-electron chi connectivity index (χ3n) is 5.64. The molecule has 2 aromatic rings. The van der Waals surface area contributed by atoms with Crippen molar-refractivity contribution in [2.75, 3.05) is 41.7 Å². The summed E-state index contributed by atoms with van der Waals surface area (Å²) >= 11 is 1.36. The largest absolute Gasteiger partial charge is 0.442 e. The molecule has 2 aliphatic heterocycles. The molecule has 2 amide bonds. The Kier molecular flexibility index (Phi) is 6.40. The van der Waals surface area contributed by atoms with Crippen molar-refractivity contribution in [3.8, 4) is 0 Å². The summed E-state index contributed by atoms with van der Waals surface area (Å²) in [7, 11) is 0. The summed E-state index contributed by atoms with van der Waals surface area (Å²) in [5.74, 6) is -1.36. The van der Waals surface area contributed by atoms with Crippen LogP contribution in [-0.2, 0) is 16.0 Å². The Balaban J connectivity index is 1.40. The summed E-state index contributed by atoms with van der Waals surface area (Å²) in [6.45, 7) is 2.61. The molecule has 4 rings (SSSR count). The summed E-state index contributed by atoms with van der Waals surface area (Å²) in [6, 6.07) is 2.30. The minimum absolute atomic E-state index is 0.0859. The number of nitrogens with one attached hydrogen (secondary N) is 1. The highest BCUT2D eigenvalue weighted by Gasteiger charge is 2.34. The van der Waals surface area contributed by atoms with Crippen LogP contribution in [0.1, 0.15) is 24.8 Å². The van der Waals surface area contributed by atoms with E-state index in [1.54, 1.807) is 4.90 Å². The summed E-state index contributed by atoms with van der Waals surface area (Å²) in [5.41, 5.74) is 5.62. The molecule has 172 valence electrons. The van der Waals surface area contributed by atoms with Gasteiger partial charge in [-0.05, 0) is 18.8 Å². The molecule has 2 aliphatic rings. The van der Waals surface area contributed by atoms with Gasteiger partial charge in [0.25, 0.3) is 0 Å². The van der Waals surface area contributed by atoms with Gasteiger partial charge in [0.05, 0.1) is 18.8 Å². The first-order valence-corrected chi connectivity index (χ1v) is 11.2. The number of anilines is 3. The van der Waals surface area contributed by atoms with Crippen molar-refractivity contribution >= 4 is 39.8 Å². The van der Waals surface area contributed by atoms with Gasteiger partial charge in [0.1, 0.15) is 16.8 Å². The van der Waals surface area contributed by atoms with Gasteiger partial charge in [-0.1, -0.05) is 11.3 Å². The van der Waals surface area contributed by atoms with Crippen LogP contribution in [0.2, 0.25) is 0 Å². The van der Waals surface area contributed by atoms with E-state index in [1.165, 1.54) is 23.2 Å². The summed E-state index contributed by atoms with van der Waals surface area (Å²) in [4.78, 5) is 26.1. The molecule has 32 heavy (non-hydrogen) atoms. The van der Waals surface area contributed by atoms with Crippen molar-refractivity contribution < 1.29 is 23.1 Å². The Hall–Kier alpha value is -3.02. The molecule has 0 radical (unpaired) electrons. The number of ether oxygens (including phenoxy) is 1. The van der Waals surface area contributed by atoms with E-state index >= 15 is 0 Å². The lowest BCUT2D eigenvalue weighted by Crippen LogP contribution is -2.36. The van der Waals surface area contributed by atoms with Crippen molar-refractivity contribution in [1.82, 2.24) is 15.5 Å². The van der Waals surface area contributed by atoms with Crippen LogP contribution in [0, 0.1) is 17.6 Å². The first-order valence-electron chi connectivity index (χ1n) is 10.3. The number of nitrogens with zero attached hydrogens (tertiary/aromatic N) is 4. The second-order valence-electron chi connectivity index (χ2n) is 7.98. The number of benzene rings is 1. The van der Waals surface area contributed by atoms with Crippen LogP contribution in [0.3, 0.4) is 0 Å². The maximum absolute atomic E-state index is 14.9. The number of cyclic esters (lactones) is 1. The number of hydrogen-bond acceptors (Lipinski definition) is 8. The smallest absolute Gasteiger partial charge is 0.414 e. The SMILES string of the molecule is CC(=O)NCC1CN(c2cc(F)c(N3CCC(Cc4nnc(N)s4)CC3)c(F)c2)C(=O)O1. The third kappa shape index (κ3) is 4.90. The fourth-order valence-corrected chi connectivity index (χ4v) is 4.79. The number of amides is 2. The highest BCUT2D eigenvalue weighted by molar-refractivity contribution is 7.15. The van der Waals surface area contributed by atoms with Crippen molar-refractivity contribution in [3.63, 3.8) is 0 Å². The van der Waals surface area contributed by atoms with E-state index < -0.39 is 23.8 Å². The van der Waals surface area contributed by atoms with E-state index in [4.69, 9.17) is 10.5 Å². The molecule has 1 aromatic carbocycles. The summed E-state index contributed by atoms with van der Waals surface area (Å²) < 4.78 is 35.0. The van der Waals surface area contributed by atoms with Gasteiger partial charge in [0, 0.05) is 38.6 Å². The molecule has 2 fully saturated rings. The number of carbonyl (C=O) groups excluding carboxylic acids is 2. The standard InChI is InChI=1S/C20H24F2N6O3S/c1-11(29)24-9-14-10-28(20(30)31-14)13-7-15(21)18(16(22)8-13)27-4-2-12(3-5-27)6-17-25-26-19(23)32-17/h7-8,12,14H,2-6,9-10H2,1H3,(H2,23,26)(H,24,29). The zero-order chi connectivity index (χ0) is 22.8. The first kappa shape index (κ1) is 22.2. The van der Waals surface area contributed by atoms with Gasteiger partial charge in [-0.3, -0.25) is 9.69 Å². The molecular formula is C20H24F2N6O3S. The molecule has 1 atom stereocenters. The van der Waals surface area contributed by atoms with Crippen LogP contribution < -0.4 is 20.9 Å². The number of halogens is 2. The predicted molar refractivity (Wildman–Crippen MR) is 116 cm³/mol. The molecule has 0 saturated carbocycles. The zero-order valence-corrected chi connectivity index (χ0v) is 18.3. The number of rotatable bonds is 6. The Morgan fingerprint density at radius 2 is 1.97 bits per heavy atom. The number of piperidine rings is 1. The first-order chi connectivity index (χ1) is 15.3. The Labute approximate surface area is 187 Å². The lowest BCUT2D eigenvalue weighted by atomic mass is 9.93. The minimum atomic E-state index is -0.728. The lowest BCUT2D eigenvalue weighted by molar-refractivity contribution is -0.119. The fourth-order valence-electron chi connectivity index (χ4n) is 4.06. The van der Waals surface area contributed by atoms with Crippen LogP contribution in [-0.4, -0.2) is 54.5 Å². The van der Waals surface area contributed by atoms with Gasteiger partial charge < -0.3 is 20.7 Å². The second kappa shape index (κ2) is 9.23. The van der Waals surface area contributed by atoms with Gasteiger partial charge in [0.15, 0.2) is 11.6 Å². The molecule has 9 nitrogen and oxygen atoms in total. The molecule has 0 aliphatic carbocycles. The van der Waals surface area contributed by atoms with E-state index in [-0.39, 0.29) is 30.4 Å². The highest BCUT2D eigenvalue weighted by atomic mass is 32.1. The maximum Gasteiger partial charge on any atom is 0.414 e. The summed E-state index contributed by atoms with van der Waals surface area (Å²) in [5, 5.41) is 11.7. The van der Waals surface area contributed by atoms with E-state index in [2.05, 4.69) is 15.5 Å². The molecule has 0 bridgehead atoms. The molecule has 12 heteroatoms. The molecule has 1 unspecified atom stereocenters. The van der Waals surface area contributed by atoms with Gasteiger partial charge in [0.2, 0.25) is 11.0 Å². The molecule has 3 N–H and O–H groups in total. The number of nitrogen functional groups attached to an aromatic ring is 1. The Bertz CT molecular complexity index is 988. The van der Waals surface area contributed by atoms with Crippen LogP contribution in [0.15, 0.2) is 12.1 Å². The van der Waals surface area contributed by atoms with Gasteiger partial charge >= 0.3 is 6.09 Å². The van der Waals surface area contributed by atoms with E-state index in [0.717, 1.165) is 36.4 Å². The van der Waals surface area contributed by atoms with Crippen LogP contribution >= 0.6 is 11.3 Å². The highest BCUT2D eigenvalue weighted by Crippen LogP contribution is 2.34. The maximum atomic E-state index is 14.9. The molecule has 0 spiro atoms. The monoisotopic (exact) mass is 466 g/mol. The topological polar surface area (TPSA) is 114 Å². The van der Waals surface area contributed by atoms with E-state index in [9.17, 15) is 18.4 Å². The summed E-state index contributed by atoms with van der Waals surface area (Å²) in [6.07, 6.45) is 1.00. The number of nitrogens with two attached hydrogens (primary N) is 1. The predicted octanol–water partition coefficient (Wildman–Crippen LogP) is 2.32. The number of carbonyl (C=O) groups is 2. The van der Waals surface area contributed by atoms with Gasteiger partial charge in [-0.2, -0.15) is 0 Å². The number of aromatic nitrogens is 2. The van der Waals surface area contributed by atoms with Crippen molar-refractivity contribution in [2.24, 2.45) is 5.92 Å². The fraction of sp³-hybridized carbons (Fsp3) is 0.500. The van der Waals surface area contributed by atoms with Crippen molar-refractivity contribution in [3.05, 3.63) is 28.8 Å². The van der Waals surface area contributed by atoms with Crippen LogP contribution in [0.4, 0.5) is 30.1 Å². The minimum Gasteiger partial charge on any atom is -0.442 e. The Morgan fingerprint density at radius 1 is 1.28 bits per heavy atom. The normalized spacial score (nSPS) is 19.3.